The van der Waals surface area contributed by atoms with Crippen LogP contribution in [0.2, 0.25) is 65.5 Å². The summed E-state index contributed by atoms with van der Waals surface area (Å²) in [7, 11) is -13.1. The molecule has 8 nitrogen and oxygen atoms in total. The quantitative estimate of drug-likeness (QED) is 0.445. The normalized spacial score (nSPS) is 14.1. The van der Waals surface area contributed by atoms with E-state index in [9.17, 15) is 9.59 Å². The number of carbonyl (C=O) groups excluding carboxylic acids is 2. The third-order valence-corrected chi connectivity index (χ3v) is 20.0. The molecule has 0 bridgehead atoms. The summed E-state index contributed by atoms with van der Waals surface area (Å²) in [5, 5.41) is 0. The van der Waals surface area contributed by atoms with Crippen molar-refractivity contribution >= 4 is 54.7 Å². The minimum atomic E-state index is -2.63. The van der Waals surface area contributed by atoms with E-state index >= 15 is 0 Å². The lowest BCUT2D eigenvalue weighted by Crippen LogP contribution is -2.59. The number of hydrogen-bond donors (Lipinski definition) is 0. The Morgan fingerprint density at radius 2 is 0.630 bits per heavy atom. The maximum Gasteiger partial charge on any atom is 0.386 e. The monoisotopic (exact) mass is 472 g/mol. The van der Waals surface area contributed by atoms with Gasteiger partial charge in [-0.2, -0.15) is 0 Å². The van der Waals surface area contributed by atoms with Crippen molar-refractivity contribution in [1.82, 2.24) is 0 Å². The Labute approximate surface area is 169 Å². The van der Waals surface area contributed by atoms with Crippen LogP contribution in [-0.2, 0) is 34.9 Å². The molecular weight excluding hydrogens is 437 g/mol. The predicted molar refractivity (Wildman–Crippen MR) is 115 cm³/mol. The molecule has 0 fully saturated rings. The Balaban J connectivity index is 5.08. The fourth-order valence-electron chi connectivity index (χ4n) is 3.16. The summed E-state index contributed by atoms with van der Waals surface area (Å²) in [5.41, 5.74) is 0. The van der Waals surface area contributed by atoms with Gasteiger partial charge in [0.05, 0.1) is 0 Å². The molecule has 0 aromatic carbocycles. The third-order valence-electron chi connectivity index (χ3n) is 2.75. The highest BCUT2D eigenvalue weighted by molar-refractivity contribution is 6.89. The van der Waals surface area contributed by atoms with Crippen LogP contribution in [-0.4, -0.2) is 54.7 Å². The van der Waals surface area contributed by atoms with Gasteiger partial charge in [-0.3, -0.25) is 9.59 Å². The van der Waals surface area contributed by atoms with Gasteiger partial charge in [-0.1, -0.05) is 0 Å². The van der Waals surface area contributed by atoms with Crippen LogP contribution in [0.1, 0.15) is 13.8 Å². The molecular formula is C14H36O8Si5. The van der Waals surface area contributed by atoms with E-state index in [-0.39, 0.29) is 11.9 Å². The molecule has 0 heterocycles. The predicted octanol–water partition coefficient (Wildman–Crippen LogP) is 3.69. The Hall–Kier alpha value is -0.136. The smallest absolute Gasteiger partial charge is 0.386 e. The molecule has 0 saturated carbocycles. The van der Waals surface area contributed by atoms with Crippen LogP contribution in [0.25, 0.3) is 0 Å². The number of carbonyl (C=O) groups is 2. The van der Waals surface area contributed by atoms with Crippen molar-refractivity contribution in [2.75, 3.05) is 0 Å². The molecule has 0 aliphatic heterocycles. The highest BCUT2D eigenvalue weighted by atomic mass is 28.5. The molecule has 0 aromatic rings. The first kappa shape index (κ1) is 26.9. The summed E-state index contributed by atoms with van der Waals surface area (Å²) in [6.45, 7) is 21.5. The van der Waals surface area contributed by atoms with Crippen LogP contribution in [0.3, 0.4) is 0 Å². The first-order chi connectivity index (χ1) is 11.7. The Morgan fingerprint density at radius 1 is 0.444 bits per heavy atom. The fourth-order valence-corrected chi connectivity index (χ4v) is 25.4. The van der Waals surface area contributed by atoms with E-state index in [4.69, 9.17) is 25.3 Å². The maximum absolute atomic E-state index is 11.3. The number of hydrogen-bond acceptors (Lipinski definition) is 8. The summed E-state index contributed by atoms with van der Waals surface area (Å²) in [6, 6.07) is 0. The topological polar surface area (TPSA) is 89.5 Å². The molecule has 0 saturated heterocycles. The van der Waals surface area contributed by atoms with E-state index in [1.54, 1.807) is 0 Å². The molecule has 0 aliphatic carbocycles. The van der Waals surface area contributed by atoms with Crippen molar-refractivity contribution in [3.63, 3.8) is 0 Å². The van der Waals surface area contributed by atoms with Gasteiger partial charge in [0.1, 0.15) is 0 Å². The molecule has 0 radical (unpaired) electrons. The molecule has 0 amide bonds. The summed E-state index contributed by atoms with van der Waals surface area (Å²) in [4.78, 5) is 22.6. The second-order valence-corrected chi connectivity index (χ2v) is 26.3. The molecule has 0 rings (SSSR count). The van der Waals surface area contributed by atoms with Gasteiger partial charge in [-0.15, -0.1) is 0 Å². The lowest BCUT2D eigenvalue weighted by molar-refractivity contribution is -0.134. The SMILES string of the molecule is CC(=O)O[Si](C)(C)O[Si](C)(C)O[Si](C)(C)O[Si](C)(C)O[Si](C)(C)OC(C)=O. The fraction of sp³-hybridized carbons (Fsp3) is 0.857. The van der Waals surface area contributed by atoms with Crippen molar-refractivity contribution in [3.05, 3.63) is 0 Å². The average molecular weight is 473 g/mol. The molecule has 0 unspecified atom stereocenters. The van der Waals surface area contributed by atoms with E-state index in [2.05, 4.69) is 0 Å². The van der Waals surface area contributed by atoms with Crippen LogP contribution in [0, 0.1) is 0 Å². The molecule has 13 heteroatoms. The molecule has 0 aromatic heterocycles. The molecule has 0 spiro atoms. The first-order valence-electron chi connectivity index (χ1n) is 8.86. The van der Waals surface area contributed by atoms with E-state index < -0.39 is 42.8 Å². The first-order valence-corrected chi connectivity index (χ1v) is 22.9. The number of rotatable bonds is 10. The van der Waals surface area contributed by atoms with Crippen molar-refractivity contribution in [3.8, 4) is 0 Å². The van der Waals surface area contributed by atoms with E-state index in [0.29, 0.717) is 0 Å². The van der Waals surface area contributed by atoms with Crippen LogP contribution in [0.4, 0.5) is 0 Å². The van der Waals surface area contributed by atoms with Gasteiger partial charge in [0.2, 0.25) is 0 Å². The summed E-state index contributed by atoms with van der Waals surface area (Å²) < 4.78 is 35.5. The van der Waals surface area contributed by atoms with Gasteiger partial charge in [0.25, 0.3) is 11.9 Å². The van der Waals surface area contributed by atoms with Crippen molar-refractivity contribution in [1.29, 1.82) is 0 Å². The van der Waals surface area contributed by atoms with Crippen molar-refractivity contribution in [2.45, 2.75) is 79.3 Å². The van der Waals surface area contributed by atoms with Crippen molar-refractivity contribution in [2.24, 2.45) is 0 Å². The minimum Gasteiger partial charge on any atom is -0.495 e. The average Bonchev–Trinajstić information content (AvgIpc) is 2.14. The Morgan fingerprint density at radius 3 is 0.815 bits per heavy atom. The van der Waals surface area contributed by atoms with E-state index in [1.807, 2.05) is 65.5 Å². The lowest BCUT2D eigenvalue weighted by atomic mass is 10.9. The van der Waals surface area contributed by atoms with Crippen LogP contribution < -0.4 is 0 Å². The molecule has 0 aliphatic rings. The largest absolute Gasteiger partial charge is 0.495 e. The Bertz CT molecular complexity index is 502. The molecule has 160 valence electrons. The van der Waals surface area contributed by atoms with Crippen molar-refractivity contribution < 1.29 is 34.9 Å². The molecule has 27 heavy (non-hydrogen) atoms. The van der Waals surface area contributed by atoms with Gasteiger partial charge in [0.15, 0.2) is 0 Å². The lowest BCUT2D eigenvalue weighted by Gasteiger charge is -2.41. The second-order valence-electron chi connectivity index (χ2n) is 8.59. The van der Waals surface area contributed by atoms with E-state index in [0.717, 1.165) is 0 Å². The van der Waals surface area contributed by atoms with Gasteiger partial charge < -0.3 is 25.3 Å². The third kappa shape index (κ3) is 12.8. The highest BCUT2D eigenvalue weighted by Gasteiger charge is 2.47. The summed E-state index contributed by atoms with van der Waals surface area (Å²) in [6.07, 6.45) is 0. The molecule has 0 atom stereocenters. The zero-order chi connectivity index (χ0) is 21.9. The summed E-state index contributed by atoms with van der Waals surface area (Å²) in [5.74, 6) is -0.715. The zero-order valence-electron chi connectivity index (χ0n) is 18.8. The Kier molecular flexibility index (Phi) is 9.08. The standard InChI is InChI=1S/C14H36O8Si5/c1-13(15)17-23(3,4)19-25(7,8)21-27(11,12)22-26(9,10)20-24(5,6)18-14(2)16/h1-12H3. The summed E-state index contributed by atoms with van der Waals surface area (Å²) >= 11 is 0. The van der Waals surface area contributed by atoms with Crippen LogP contribution in [0.5, 0.6) is 0 Å². The zero-order valence-corrected chi connectivity index (χ0v) is 23.8. The van der Waals surface area contributed by atoms with Gasteiger partial charge >= 0.3 is 42.8 Å². The maximum atomic E-state index is 11.3. The van der Waals surface area contributed by atoms with Crippen LogP contribution >= 0.6 is 0 Å². The second kappa shape index (κ2) is 9.12. The highest BCUT2D eigenvalue weighted by Crippen LogP contribution is 2.26. The van der Waals surface area contributed by atoms with E-state index in [1.165, 1.54) is 13.8 Å². The van der Waals surface area contributed by atoms with Gasteiger partial charge in [0, 0.05) is 13.8 Å². The minimum absolute atomic E-state index is 0.358. The van der Waals surface area contributed by atoms with Gasteiger partial charge in [-0.25, -0.2) is 0 Å². The van der Waals surface area contributed by atoms with Gasteiger partial charge in [-0.05, 0) is 65.5 Å². The van der Waals surface area contributed by atoms with Crippen LogP contribution in [0.15, 0.2) is 0 Å². The molecule has 0 N–H and O–H groups in total.